The van der Waals surface area contributed by atoms with Crippen LogP contribution in [0, 0.1) is 0 Å². The average Bonchev–Trinajstić information content (AvgIpc) is 2.76. The minimum absolute atomic E-state index is 0.0953. The van der Waals surface area contributed by atoms with Crippen molar-refractivity contribution in [2.45, 2.75) is 0 Å². The van der Waals surface area contributed by atoms with E-state index >= 15 is 0 Å². The van der Waals surface area contributed by atoms with E-state index in [0.29, 0.717) is 23.0 Å². The van der Waals surface area contributed by atoms with Gasteiger partial charge in [-0.1, -0.05) is 0 Å². The first-order valence-electron chi connectivity index (χ1n) is 8.39. The van der Waals surface area contributed by atoms with Gasteiger partial charge in [0, 0.05) is 24.3 Å². The van der Waals surface area contributed by atoms with Gasteiger partial charge in [-0.25, -0.2) is 4.79 Å². The van der Waals surface area contributed by atoms with Crippen LogP contribution in [0.2, 0.25) is 0 Å². The molecule has 0 bridgehead atoms. The Kier molecular flexibility index (Phi) is 7.13. The summed E-state index contributed by atoms with van der Waals surface area (Å²) in [6.07, 6.45) is 0. The van der Waals surface area contributed by atoms with Gasteiger partial charge in [0.2, 0.25) is 0 Å². The Labute approximate surface area is 168 Å². The fraction of sp³-hybridized carbons (Fsp3) is 0.300. The van der Waals surface area contributed by atoms with Crippen molar-refractivity contribution in [3.05, 3.63) is 35.4 Å². The van der Waals surface area contributed by atoms with E-state index in [9.17, 15) is 9.59 Å². The summed E-state index contributed by atoms with van der Waals surface area (Å²) in [7, 11) is 8.47. The Bertz CT molecular complexity index is 910. The molecule has 0 unspecified atom stereocenters. The van der Waals surface area contributed by atoms with Crippen LogP contribution in [0.4, 0.5) is 5.69 Å². The molecule has 0 radical (unpaired) electrons. The molecular weight excluding hydrogens is 382 g/mol. The van der Waals surface area contributed by atoms with E-state index in [4.69, 9.17) is 28.4 Å². The highest BCUT2D eigenvalue weighted by atomic mass is 16.5. The summed E-state index contributed by atoms with van der Waals surface area (Å²) in [6.45, 7) is 0. The first kappa shape index (κ1) is 21.7. The zero-order valence-electron chi connectivity index (χ0n) is 17.1. The van der Waals surface area contributed by atoms with Gasteiger partial charge in [0.05, 0.1) is 59.5 Å². The number of carbonyl (C=O) groups is 2. The summed E-state index contributed by atoms with van der Waals surface area (Å²) >= 11 is 0. The molecule has 2 aromatic rings. The number of rotatable bonds is 8. The molecule has 0 aliphatic carbocycles. The van der Waals surface area contributed by atoms with Gasteiger partial charge in [-0.15, -0.1) is 0 Å². The number of carbonyl (C=O) groups excluding carboxylic acids is 2. The number of ether oxygens (including phenoxy) is 6. The molecule has 9 heteroatoms. The van der Waals surface area contributed by atoms with Crippen molar-refractivity contribution in [3.8, 4) is 28.7 Å². The molecule has 0 saturated carbocycles. The molecule has 0 aliphatic rings. The lowest BCUT2D eigenvalue weighted by Crippen LogP contribution is -2.17. The minimum atomic E-state index is -0.652. The van der Waals surface area contributed by atoms with Crippen molar-refractivity contribution in [1.82, 2.24) is 0 Å². The summed E-state index contributed by atoms with van der Waals surface area (Å²) in [5.74, 6) is 0.464. The predicted octanol–water partition coefficient (Wildman–Crippen LogP) is 2.77. The molecule has 0 fully saturated rings. The van der Waals surface area contributed by atoms with Crippen LogP contribution in [0.3, 0.4) is 0 Å². The number of methoxy groups -OCH3 is 6. The SMILES string of the molecule is COC(=O)c1cc(OC)c(OC)cc1NC(=O)c1cc(OC)c(OC)cc1OC. The fourth-order valence-corrected chi connectivity index (χ4v) is 2.66. The van der Waals surface area contributed by atoms with Crippen molar-refractivity contribution in [1.29, 1.82) is 0 Å². The third kappa shape index (κ3) is 4.45. The minimum Gasteiger partial charge on any atom is -0.496 e. The number of hydrogen-bond donors (Lipinski definition) is 1. The summed E-state index contributed by atoms with van der Waals surface area (Å²) in [6, 6.07) is 5.90. The third-order valence-electron chi connectivity index (χ3n) is 4.13. The van der Waals surface area contributed by atoms with Gasteiger partial charge in [0.1, 0.15) is 5.75 Å². The second kappa shape index (κ2) is 9.54. The van der Waals surface area contributed by atoms with Crippen LogP contribution in [-0.2, 0) is 4.74 Å². The molecule has 0 aromatic heterocycles. The van der Waals surface area contributed by atoms with Gasteiger partial charge >= 0.3 is 5.97 Å². The molecule has 0 aliphatic heterocycles. The van der Waals surface area contributed by atoms with E-state index in [2.05, 4.69) is 5.32 Å². The van der Waals surface area contributed by atoms with Crippen molar-refractivity contribution < 1.29 is 38.0 Å². The summed E-state index contributed by atoms with van der Waals surface area (Å²) in [4.78, 5) is 25.2. The summed E-state index contributed by atoms with van der Waals surface area (Å²) in [5.41, 5.74) is 0.449. The van der Waals surface area contributed by atoms with Crippen molar-refractivity contribution >= 4 is 17.6 Å². The van der Waals surface area contributed by atoms with Crippen LogP contribution in [0.1, 0.15) is 20.7 Å². The van der Waals surface area contributed by atoms with Gasteiger partial charge in [0.15, 0.2) is 23.0 Å². The quantitative estimate of drug-likeness (QED) is 0.669. The molecule has 9 nitrogen and oxygen atoms in total. The lowest BCUT2D eigenvalue weighted by molar-refractivity contribution is 0.0601. The first-order chi connectivity index (χ1) is 13.9. The molecular formula is C20H23NO8. The fourth-order valence-electron chi connectivity index (χ4n) is 2.66. The summed E-state index contributed by atoms with van der Waals surface area (Å²) < 4.78 is 31.0. The monoisotopic (exact) mass is 405 g/mol. The van der Waals surface area contributed by atoms with Crippen molar-refractivity contribution in [2.75, 3.05) is 48.0 Å². The Hall–Kier alpha value is -3.62. The van der Waals surface area contributed by atoms with E-state index in [1.807, 2.05) is 0 Å². The lowest BCUT2D eigenvalue weighted by Gasteiger charge is -2.16. The van der Waals surface area contributed by atoms with Crippen molar-refractivity contribution in [2.24, 2.45) is 0 Å². The van der Waals surface area contributed by atoms with Gasteiger partial charge in [-0.2, -0.15) is 0 Å². The maximum absolute atomic E-state index is 13.0. The van der Waals surface area contributed by atoms with Gasteiger partial charge in [-0.3, -0.25) is 4.79 Å². The number of amides is 1. The number of anilines is 1. The molecule has 0 heterocycles. The topological polar surface area (TPSA) is 102 Å². The van der Waals surface area contributed by atoms with Crippen LogP contribution in [0.15, 0.2) is 24.3 Å². The normalized spacial score (nSPS) is 10.0. The van der Waals surface area contributed by atoms with Crippen molar-refractivity contribution in [3.63, 3.8) is 0 Å². The molecule has 1 amide bonds. The number of esters is 1. The van der Waals surface area contributed by atoms with Gasteiger partial charge < -0.3 is 33.7 Å². The molecule has 1 N–H and O–H groups in total. The Balaban J connectivity index is 2.53. The smallest absolute Gasteiger partial charge is 0.340 e. The molecule has 0 spiro atoms. The van der Waals surface area contributed by atoms with Crippen LogP contribution >= 0.6 is 0 Å². The van der Waals surface area contributed by atoms with E-state index < -0.39 is 11.9 Å². The van der Waals surface area contributed by atoms with Crippen LogP contribution in [-0.4, -0.2) is 54.5 Å². The average molecular weight is 405 g/mol. The Morgan fingerprint density at radius 1 is 0.621 bits per heavy atom. The molecule has 0 saturated heterocycles. The third-order valence-corrected chi connectivity index (χ3v) is 4.13. The highest BCUT2D eigenvalue weighted by Crippen LogP contribution is 2.37. The predicted molar refractivity (Wildman–Crippen MR) is 105 cm³/mol. The molecule has 156 valence electrons. The number of benzene rings is 2. The van der Waals surface area contributed by atoms with Gasteiger partial charge in [0.25, 0.3) is 5.91 Å². The maximum Gasteiger partial charge on any atom is 0.340 e. The standard InChI is InChI=1S/C20H23NO8/c1-24-14-10-18(28-5)16(26-3)8-12(14)19(22)21-13-9-17(27-4)15(25-2)7-11(13)20(23)29-6/h7-10H,1-6H3,(H,21,22). The van der Waals surface area contributed by atoms with Crippen LogP contribution in [0.5, 0.6) is 28.7 Å². The second-order valence-electron chi connectivity index (χ2n) is 5.61. The zero-order valence-corrected chi connectivity index (χ0v) is 17.1. The van der Waals surface area contributed by atoms with Gasteiger partial charge in [-0.05, 0) is 0 Å². The maximum atomic E-state index is 13.0. The highest BCUT2D eigenvalue weighted by Gasteiger charge is 2.22. The van der Waals surface area contributed by atoms with E-state index in [0.717, 1.165) is 0 Å². The molecule has 2 aromatic carbocycles. The van der Waals surface area contributed by atoms with E-state index in [1.54, 1.807) is 0 Å². The highest BCUT2D eigenvalue weighted by molar-refractivity contribution is 6.10. The lowest BCUT2D eigenvalue weighted by atomic mass is 10.1. The van der Waals surface area contributed by atoms with Crippen LogP contribution < -0.4 is 29.0 Å². The van der Waals surface area contributed by atoms with E-state index in [1.165, 1.54) is 66.9 Å². The molecule has 0 atom stereocenters. The molecule has 2 rings (SSSR count). The summed E-state index contributed by atoms with van der Waals surface area (Å²) in [5, 5.41) is 2.68. The number of hydrogen-bond acceptors (Lipinski definition) is 8. The van der Waals surface area contributed by atoms with Crippen LogP contribution in [0.25, 0.3) is 0 Å². The zero-order chi connectivity index (χ0) is 21.6. The largest absolute Gasteiger partial charge is 0.496 e. The Morgan fingerprint density at radius 2 is 1.07 bits per heavy atom. The number of nitrogens with one attached hydrogen (secondary N) is 1. The Morgan fingerprint density at radius 3 is 1.55 bits per heavy atom. The van der Waals surface area contributed by atoms with E-state index in [-0.39, 0.29) is 22.6 Å². The second-order valence-corrected chi connectivity index (χ2v) is 5.61. The molecule has 29 heavy (non-hydrogen) atoms. The first-order valence-corrected chi connectivity index (χ1v) is 8.39.